The van der Waals surface area contributed by atoms with Gasteiger partial charge in [-0.1, -0.05) is 0 Å². The molecule has 0 aromatic carbocycles. The number of piperidine rings is 1. The van der Waals surface area contributed by atoms with Crippen molar-refractivity contribution in [2.24, 2.45) is 5.92 Å². The highest BCUT2D eigenvalue weighted by atomic mass is 16.1. The van der Waals surface area contributed by atoms with Gasteiger partial charge >= 0.3 is 0 Å². The monoisotopic (exact) mass is 355 g/mol. The highest BCUT2D eigenvalue weighted by Crippen LogP contribution is 2.20. The predicted octanol–water partition coefficient (Wildman–Crippen LogP) is 1.96. The van der Waals surface area contributed by atoms with Crippen molar-refractivity contribution in [1.82, 2.24) is 24.5 Å². The molecule has 1 aliphatic carbocycles. The zero-order valence-corrected chi connectivity index (χ0v) is 15.9. The van der Waals surface area contributed by atoms with Crippen molar-refractivity contribution >= 4 is 0 Å². The summed E-state index contributed by atoms with van der Waals surface area (Å²) in [4.78, 5) is 14.8. The van der Waals surface area contributed by atoms with Gasteiger partial charge in [0.2, 0.25) is 0 Å². The second kappa shape index (κ2) is 7.35. The maximum absolute atomic E-state index is 12.3. The molecular weight excluding hydrogens is 326 g/mol. The Morgan fingerprint density at radius 2 is 1.85 bits per heavy atom. The molecule has 0 amide bonds. The molecule has 1 fully saturated rings. The van der Waals surface area contributed by atoms with Gasteiger partial charge in [0.25, 0.3) is 5.56 Å². The fourth-order valence-corrected chi connectivity index (χ4v) is 4.34. The third-order valence-corrected chi connectivity index (χ3v) is 5.89. The van der Waals surface area contributed by atoms with Gasteiger partial charge in [0.05, 0.1) is 17.9 Å². The minimum Gasteiger partial charge on any atom is -0.301 e. The number of nitrogens with zero attached hydrogens (tertiary/aromatic N) is 5. The summed E-state index contributed by atoms with van der Waals surface area (Å²) in [5.74, 6) is 0.560. The van der Waals surface area contributed by atoms with Crippen molar-refractivity contribution in [3.05, 3.63) is 45.1 Å². The molecule has 1 saturated heterocycles. The Labute approximate surface area is 154 Å². The Hall–Kier alpha value is -1.95. The van der Waals surface area contributed by atoms with Gasteiger partial charge in [-0.2, -0.15) is 10.2 Å². The van der Waals surface area contributed by atoms with E-state index in [1.807, 2.05) is 13.0 Å². The molecule has 4 rings (SSSR count). The summed E-state index contributed by atoms with van der Waals surface area (Å²) in [5, 5.41) is 9.18. The molecule has 0 atom stereocenters. The topological polar surface area (TPSA) is 56.0 Å². The highest BCUT2D eigenvalue weighted by Gasteiger charge is 2.21. The summed E-state index contributed by atoms with van der Waals surface area (Å²) in [6.45, 7) is 9.14. The molecule has 0 spiro atoms. The number of rotatable bonds is 5. The zero-order chi connectivity index (χ0) is 18.1. The van der Waals surface area contributed by atoms with E-state index in [4.69, 9.17) is 0 Å². The van der Waals surface area contributed by atoms with Gasteiger partial charge in [-0.3, -0.25) is 9.48 Å². The van der Waals surface area contributed by atoms with E-state index in [1.165, 1.54) is 11.3 Å². The quantitative estimate of drug-likeness (QED) is 0.823. The molecule has 2 aliphatic rings. The van der Waals surface area contributed by atoms with E-state index in [0.717, 1.165) is 76.2 Å². The Morgan fingerprint density at radius 3 is 2.58 bits per heavy atom. The predicted molar refractivity (Wildman–Crippen MR) is 101 cm³/mol. The van der Waals surface area contributed by atoms with E-state index >= 15 is 0 Å². The average molecular weight is 355 g/mol. The van der Waals surface area contributed by atoms with Crippen LogP contribution in [0.3, 0.4) is 0 Å². The largest absolute Gasteiger partial charge is 0.301 e. The summed E-state index contributed by atoms with van der Waals surface area (Å²) in [7, 11) is 0. The number of hydrogen-bond donors (Lipinski definition) is 0. The lowest BCUT2D eigenvalue weighted by Gasteiger charge is -2.32. The summed E-state index contributed by atoms with van der Waals surface area (Å²) in [5.41, 5.74) is 4.72. The first-order valence-electron chi connectivity index (χ1n) is 9.92. The van der Waals surface area contributed by atoms with Gasteiger partial charge in [-0.25, -0.2) is 4.68 Å². The highest BCUT2D eigenvalue weighted by molar-refractivity contribution is 5.22. The second-order valence-electron chi connectivity index (χ2n) is 7.93. The first-order chi connectivity index (χ1) is 12.6. The maximum Gasteiger partial charge on any atom is 0.267 e. The second-order valence-corrected chi connectivity index (χ2v) is 7.93. The lowest BCUT2D eigenvalue weighted by molar-refractivity contribution is 0.163. The molecule has 6 heteroatoms. The summed E-state index contributed by atoms with van der Waals surface area (Å²) >= 11 is 0. The summed E-state index contributed by atoms with van der Waals surface area (Å²) in [6, 6.07) is 3.95. The maximum atomic E-state index is 12.3. The molecule has 0 radical (unpaired) electrons. The van der Waals surface area contributed by atoms with E-state index in [9.17, 15) is 4.79 Å². The molecule has 26 heavy (non-hydrogen) atoms. The summed E-state index contributed by atoms with van der Waals surface area (Å²) in [6.07, 6.45) is 5.47. The van der Waals surface area contributed by atoms with Crippen LogP contribution in [-0.2, 0) is 25.9 Å². The first-order valence-corrected chi connectivity index (χ1v) is 9.92. The number of aromatic nitrogens is 4. The molecule has 0 saturated carbocycles. The van der Waals surface area contributed by atoms with Gasteiger partial charge in [-0.05, 0) is 76.6 Å². The third kappa shape index (κ3) is 3.75. The van der Waals surface area contributed by atoms with Crippen LogP contribution < -0.4 is 5.56 Å². The first kappa shape index (κ1) is 17.5. The van der Waals surface area contributed by atoms with Crippen molar-refractivity contribution in [3.8, 4) is 0 Å². The molecule has 140 valence electrons. The van der Waals surface area contributed by atoms with Crippen LogP contribution in [0.25, 0.3) is 0 Å². The van der Waals surface area contributed by atoms with Crippen molar-refractivity contribution in [2.45, 2.75) is 59.0 Å². The molecule has 6 nitrogen and oxygen atoms in total. The fourth-order valence-electron chi connectivity index (χ4n) is 4.34. The standard InChI is InChI=1S/C20H29N5O/c1-15-12-16(2)24(21-15)11-10-23-8-6-17(7-9-23)14-25-20(26)13-18-4-3-5-19(18)22-25/h12-13,17H,3-11,14H2,1-2H3. The van der Waals surface area contributed by atoms with Crippen LogP contribution in [0.4, 0.5) is 0 Å². The van der Waals surface area contributed by atoms with Crippen LogP contribution in [0.5, 0.6) is 0 Å². The van der Waals surface area contributed by atoms with Crippen LogP contribution >= 0.6 is 0 Å². The van der Waals surface area contributed by atoms with E-state index in [2.05, 4.69) is 32.8 Å². The Kier molecular flexibility index (Phi) is 4.94. The number of aryl methyl sites for hydroxylation is 4. The summed E-state index contributed by atoms with van der Waals surface area (Å²) < 4.78 is 3.83. The number of fused-ring (bicyclic) bond motifs is 1. The van der Waals surface area contributed by atoms with Crippen LogP contribution in [0.1, 0.15) is 41.9 Å². The van der Waals surface area contributed by atoms with Crippen LogP contribution in [0.15, 0.2) is 16.9 Å². The number of hydrogen-bond acceptors (Lipinski definition) is 4. The lowest BCUT2D eigenvalue weighted by Crippen LogP contribution is -2.38. The molecule has 0 unspecified atom stereocenters. The van der Waals surface area contributed by atoms with Crippen molar-refractivity contribution < 1.29 is 0 Å². The minimum atomic E-state index is 0.0811. The van der Waals surface area contributed by atoms with Crippen LogP contribution in [0.2, 0.25) is 0 Å². The van der Waals surface area contributed by atoms with Crippen molar-refractivity contribution in [1.29, 1.82) is 0 Å². The molecule has 0 N–H and O–H groups in total. The Balaban J connectivity index is 1.29. The van der Waals surface area contributed by atoms with Gasteiger partial charge in [-0.15, -0.1) is 0 Å². The zero-order valence-electron chi connectivity index (χ0n) is 15.9. The molecule has 0 bridgehead atoms. The fraction of sp³-hybridized carbons (Fsp3) is 0.650. The normalized spacial score (nSPS) is 18.4. The Bertz CT molecular complexity index is 829. The van der Waals surface area contributed by atoms with Gasteiger partial charge in [0.15, 0.2) is 0 Å². The van der Waals surface area contributed by atoms with Gasteiger partial charge < -0.3 is 4.90 Å². The number of likely N-dealkylation sites (tertiary alicyclic amines) is 1. The van der Waals surface area contributed by atoms with E-state index in [1.54, 1.807) is 4.68 Å². The molecule has 1 aliphatic heterocycles. The van der Waals surface area contributed by atoms with Gasteiger partial charge in [0.1, 0.15) is 0 Å². The smallest absolute Gasteiger partial charge is 0.267 e. The van der Waals surface area contributed by atoms with E-state index in [-0.39, 0.29) is 5.56 Å². The lowest BCUT2D eigenvalue weighted by atomic mass is 9.97. The SMILES string of the molecule is Cc1cc(C)n(CCN2CCC(Cn3nc4c(cc3=O)CCC4)CC2)n1. The van der Waals surface area contributed by atoms with Crippen LogP contribution in [-0.4, -0.2) is 44.1 Å². The molecule has 3 heterocycles. The van der Waals surface area contributed by atoms with Crippen molar-refractivity contribution in [2.75, 3.05) is 19.6 Å². The van der Waals surface area contributed by atoms with Crippen molar-refractivity contribution in [3.63, 3.8) is 0 Å². The average Bonchev–Trinajstić information content (AvgIpc) is 3.19. The minimum absolute atomic E-state index is 0.0811. The molecule has 2 aromatic heterocycles. The van der Waals surface area contributed by atoms with E-state index in [0.29, 0.717) is 5.92 Å². The van der Waals surface area contributed by atoms with Crippen LogP contribution in [0, 0.1) is 19.8 Å². The van der Waals surface area contributed by atoms with Gasteiger partial charge in [0, 0.05) is 24.8 Å². The van der Waals surface area contributed by atoms with E-state index < -0.39 is 0 Å². The Morgan fingerprint density at radius 1 is 1.04 bits per heavy atom. The third-order valence-electron chi connectivity index (χ3n) is 5.89. The molecule has 2 aromatic rings. The molecular formula is C20H29N5O.